The molecule has 0 amide bonds. The zero-order valence-electron chi connectivity index (χ0n) is 18.1. The zero-order chi connectivity index (χ0) is 24.6. The van der Waals surface area contributed by atoms with Gasteiger partial charge in [0.25, 0.3) is 0 Å². The molecule has 0 N–H and O–H groups in total. The van der Waals surface area contributed by atoms with Gasteiger partial charge in [0.15, 0.2) is 11.6 Å². The van der Waals surface area contributed by atoms with E-state index < -0.39 is 23.4 Å². The smallest absolute Gasteiger partial charge is 0.418 e. The molecule has 3 nitrogen and oxygen atoms in total. The Morgan fingerprint density at radius 3 is 2.20 bits per heavy atom. The van der Waals surface area contributed by atoms with Crippen LogP contribution in [0.3, 0.4) is 0 Å². The average Bonchev–Trinajstić information content (AvgIpc) is 3.20. The molecule has 0 aliphatic rings. The molecular weight excluding hydrogens is 463 g/mol. The number of alkyl halides is 3. The van der Waals surface area contributed by atoms with Gasteiger partial charge < -0.3 is 4.74 Å². The van der Waals surface area contributed by atoms with E-state index in [1.54, 1.807) is 30.3 Å². The molecule has 0 radical (unpaired) electrons. The number of hydrogen-bond acceptors (Lipinski definition) is 2. The van der Waals surface area contributed by atoms with Gasteiger partial charge in [0.2, 0.25) is 5.82 Å². The Hall–Kier alpha value is -4.20. The fraction of sp³-hybridized carbons (Fsp3) is 0.0741. The van der Waals surface area contributed by atoms with Crippen LogP contribution in [0, 0.1) is 11.6 Å². The fourth-order valence-electron chi connectivity index (χ4n) is 3.93. The highest BCUT2D eigenvalue weighted by Gasteiger charge is 2.34. The molecular formula is C27H17F5N2O. The third-order valence-corrected chi connectivity index (χ3v) is 5.52. The van der Waals surface area contributed by atoms with E-state index in [0.717, 1.165) is 17.7 Å². The SMILES string of the molecule is Fc1cccc(Oc2ccc(-c3c4cccc(C(F)(F)F)c4nn3Cc3ccccc3)cc2)c1F. The molecule has 5 rings (SSSR count). The minimum Gasteiger partial charge on any atom is -0.454 e. The van der Waals surface area contributed by atoms with Crippen molar-refractivity contribution in [1.29, 1.82) is 0 Å². The Morgan fingerprint density at radius 1 is 0.771 bits per heavy atom. The summed E-state index contributed by atoms with van der Waals surface area (Å²) in [6.07, 6.45) is -4.56. The number of fused-ring (bicyclic) bond motifs is 1. The van der Waals surface area contributed by atoms with E-state index in [2.05, 4.69) is 5.10 Å². The lowest BCUT2D eigenvalue weighted by Crippen LogP contribution is -2.06. The number of hydrogen-bond donors (Lipinski definition) is 0. The topological polar surface area (TPSA) is 27.1 Å². The second kappa shape index (κ2) is 8.87. The normalized spacial score (nSPS) is 11.7. The molecule has 0 unspecified atom stereocenters. The van der Waals surface area contributed by atoms with Crippen LogP contribution in [-0.2, 0) is 12.7 Å². The molecule has 0 aliphatic heterocycles. The van der Waals surface area contributed by atoms with Gasteiger partial charge in [0.05, 0.1) is 17.8 Å². The molecule has 176 valence electrons. The van der Waals surface area contributed by atoms with Gasteiger partial charge in [-0.1, -0.05) is 48.5 Å². The van der Waals surface area contributed by atoms with Gasteiger partial charge in [-0.15, -0.1) is 0 Å². The van der Waals surface area contributed by atoms with Crippen molar-refractivity contribution >= 4 is 10.9 Å². The highest BCUT2D eigenvalue weighted by molar-refractivity contribution is 5.95. The Balaban J connectivity index is 1.59. The largest absolute Gasteiger partial charge is 0.454 e. The summed E-state index contributed by atoms with van der Waals surface area (Å²) < 4.78 is 75.5. The van der Waals surface area contributed by atoms with Crippen molar-refractivity contribution in [2.24, 2.45) is 0 Å². The number of aromatic nitrogens is 2. The van der Waals surface area contributed by atoms with E-state index in [0.29, 0.717) is 16.6 Å². The summed E-state index contributed by atoms with van der Waals surface area (Å²) in [4.78, 5) is 0. The van der Waals surface area contributed by atoms with Gasteiger partial charge in [-0.25, -0.2) is 4.39 Å². The van der Waals surface area contributed by atoms with Crippen molar-refractivity contribution in [3.05, 3.63) is 114 Å². The first kappa shape index (κ1) is 22.6. The van der Waals surface area contributed by atoms with Crippen molar-refractivity contribution in [1.82, 2.24) is 9.78 Å². The summed E-state index contributed by atoms with van der Waals surface area (Å²) >= 11 is 0. The predicted octanol–water partition coefficient (Wildman–Crippen LogP) is 7.84. The molecule has 0 spiro atoms. The summed E-state index contributed by atoms with van der Waals surface area (Å²) in [5.74, 6) is -2.17. The molecule has 0 aliphatic carbocycles. The number of nitrogens with zero attached hydrogens (tertiary/aromatic N) is 2. The van der Waals surface area contributed by atoms with E-state index in [4.69, 9.17) is 4.74 Å². The van der Waals surface area contributed by atoms with Gasteiger partial charge in [-0.05, 0) is 48.0 Å². The van der Waals surface area contributed by atoms with Gasteiger partial charge in [0.1, 0.15) is 11.3 Å². The highest BCUT2D eigenvalue weighted by Crippen LogP contribution is 2.38. The van der Waals surface area contributed by atoms with Gasteiger partial charge in [0, 0.05) is 10.9 Å². The maximum Gasteiger partial charge on any atom is 0.418 e. The van der Waals surface area contributed by atoms with Crippen LogP contribution < -0.4 is 4.74 Å². The van der Waals surface area contributed by atoms with Gasteiger partial charge in [-0.3, -0.25) is 4.68 Å². The molecule has 5 aromatic rings. The number of benzene rings is 4. The Labute approximate surface area is 197 Å². The van der Waals surface area contributed by atoms with Crippen molar-refractivity contribution in [2.45, 2.75) is 12.7 Å². The molecule has 8 heteroatoms. The van der Waals surface area contributed by atoms with Crippen LogP contribution >= 0.6 is 0 Å². The lowest BCUT2D eigenvalue weighted by Gasteiger charge is -2.11. The minimum atomic E-state index is -4.56. The average molecular weight is 480 g/mol. The third kappa shape index (κ3) is 4.47. The molecule has 0 saturated carbocycles. The van der Waals surface area contributed by atoms with Crippen LogP contribution in [0.15, 0.2) is 91.0 Å². The molecule has 35 heavy (non-hydrogen) atoms. The van der Waals surface area contributed by atoms with E-state index in [9.17, 15) is 22.0 Å². The molecule has 1 heterocycles. The van der Waals surface area contributed by atoms with Crippen LogP contribution in [0.4, 0.5) is 22.0 Å². The molecule has 1 aromatic heterocycles. The third-order valence-electron chi connectivity index (χ3n) is 5.52. The summed E-state index contributed by atoms with van der Waals surface area (Å²) in [6.45, 7) is 0.259. The zero-order valence-corrected chi connectivity index (χ0v) is 18.1. The predicted molar refractivity (Wildman–Crippen MR) is 122 cm³/mol. The van der Waals surface area contributed by atoms with Crippen molar-refractivity contribution in [3.63, 3.8) is 0 Å². The van der Waals surface area contributed by atoms with Gasteiger partial charge in [-0.2, -0.15) is 22.7 Å². The van der Waals surface area contributed by atoms with Crippen LogP contribution in [0.5, 0.6) is 11.5 Å². The summed E-state index contributed by atoms with van der Waals surface area (Å²) in [5, 5.41) is 4.68. The number of rotatable bonds is 5. The van der Waals surface area contributed by atoms with E-state index in [1.165, 1.54) is 22.9 Å². The summed E-state index contributed by atoms with van der Waals surface area (Å²) in [6, 6.07) is 23.2. The fourth-order valence-corrected chi connectivity index (χ4v) is 3.93. The molecule has 0 saturated heterocycles. The second-order valence-corrected chi connectivity index (χ2v) is 7.87. The van der Waals surface area contributed by atoms with Crippen molar-refractivity contribution < 1.29 is 26.7 Å². The quantitative estimate of drug-likeness (QED) is 0.240. The first-order chi connectivity index (χ1) is 16.8. The van der Waals surface area contributed by atoms with E-state index in [1.807, 2.05) is 30.3 Å². The second-order valence-electron chi connectivity index (χ2n) is 7.87. The van der Waals surface area contributed by atoms with E-state index >= 15 is 0 Å². The molecule has 0 bridgehead atoms. The number of halogens is 5. The first-order valence-electron chi connectivity index (χ1n) is 10.6. The lowest BCUT2D eigenvalue weighted by molar-refractivity contribution is -0.136. The Bertz CT molecular complexity index is 1490. The standard InChI is InChI=1S/C27H17F5N2O/c28-22-10-5-11-23(24(22)29)35-19-14-12-18(13-15-19)26-20-8-4-9-21(27(30,31)32)25(20)33-34(26)16-17-6-2-1-3-7-17/h1-15H,16H2. The molecule has 0 atom stereocenters. The van der Waals surface area contributed by atoms with Crippen LogP contribution in [-0.4, -0.2) is 9.78 Å². The van der Waals surface area contributed by atoms with E-state index in [-0.39, 0.29) is 23.6 Å². The van der Waals surface area contributed by atoms with Crippen LogP contribution in [0.2, 0.25) is 0 Å². The van der Waals surface area contributed by atoms with Gasteiger partial charge >= 0.3 is 6.18 Å². The maximum atomic E-state index is 14.0. The van der Waals surface area contributed by atoms with Crippen molar-refractivity contribution in [2.75, 3.05) is 0 Å². The maximum absolute atomic E-state index is 14.0. The number of ether oxygens (including phenoxy) is 1. The summed E-state index contributed by atoms with van der Waals surface area (Å²) in [5.41, 5.74) is 1.00. The van der Waals surface area contributed by atoms with Crippen molar-refractivity contribution in [3.8, 4) is 22.8 Å². The summed E-state index contributed by atoms with van der Waals surface area (Å²) in [7, 11) is 0. The van der Waals surface area contributed by atoms with Crippen LogP contribution in [0.1, 0.15) is 11.1 Å². The Morgan fingerprint density at radius 2 is 1.49 bits per heavy atom. The molecule has 4 aromatic carbocycles. The highest BCUT2D eigenvalue weighted by atomic mass is 19.4. The van der Waals surface area contributed by atoms with Crippen LogP contribution in [0.25, 0.3) is 22.2 Å². The lowest BCUT2D eigenvalue weighted by atomic mass is 10.0. The molecule has 0 fully saturated rings. The first-order valence-corrected chi connectivity index (χ1v) is 10.6. The Kier molecular flexibility index (Phi) is 5.72. The monoisotopic (exact) mass is 480 g/mol. The minimum absolute atomic E-state index is 0.145.